The van der Waals surface area contributed by atoms with Gasteiger partial charge in [0, 0.05) is 24.7 Å². The number of primary amides is 1. The number of hydrogen-bond acceptors (Lipinski definition) is 4. The molecule has 0 unspecified atom stereocenters. The van der Waals surface area contributed by atoms with E-state index in [0.29, 0.717) is 0 Å². The Morgan fingerprint density at radius 2 is 2.42 bits per heavy atom. The first-order chi connectivity index (χ1) is 5.79. The Morgan fingerprint density at radius 1 is 1.58 bits per heavy atom. The zero-order valence-electron chi connectivity index (χ0n) is 6.37. The minimum absolute atomic E-state index is 0.261. The zero-order chi connectivity index (χ0) is 8.55. The molecule has 3 N–H and O–H groups in total. The van der Waals surface area contributed by atoms with E-state index in [-0.39, 0.29) is 5.71 Å². The predicted molar refractivity (Wildman–Crippen MR) is 44.8 cm³/mol. The highest BCUT2D eigenvalue weighted by molar-refractivity contribution is 6.52. The van der Waals surface area contributed by atoms with E-state index in [0.717, 1.165) is 24.3 Å². The van der Waals surface area contributed by atoms with Crippen molar-refractivity contribution in [2.75, 3.05) is 6.54 Å². The maximum absolute atomic E-state index is 10.8. The van der Waals surface area contributed by atoms with E-state index in [9.17, 15) is 4.79 Å². The van der Waals surface area contributed by atoms with E-state index < -0.39 is 5.91 Å². The predicted octanol–water partition coefficient (Wildman–Crippen LogP) is -0.841. The smallest absolute Gasteiger partial charge is 0.269 e. The number of nitrogens with zero attached hydrogens (tertiary/aromatic N) is 2. The molecule has 2 rings (SSSR count). The highest BCUT2D eigenvalue weighted by Gasteiger charge is 2.25. The molecule has 5 nitrogen and oxygen atoms in total. The largest absolute Gasteiger partial charge is 0.390 e. The monoisotopic (exact) mass is 164 g/mol. The van der Waals surface area contributed by atoms with Crippen LogP contribution in [0.15, 0.2) is 22.0 Å². The van der Waals surface area contributed by atoms with E-state index in [1.807, 2.05) is 0 Å². The molecule has 62 valence electrons. The number of nitrogens with two attached hydrogens (primary N) is 1. The van der Waals surface area contributed by atoms with Crippen LogP contribution in [0.4, 0.5) is 0 Å². The van der Waals surface area contributed by atoms with Crippen molar-refractivity contribution >= 4 is 17.3 Å². The van der Waals surface area contributed by atoms with Gasteiger partial charge in [0.2, 0.25) is 0 Å². The maximum Gasteiger partial charge on any atom is 0.269 e. The van der Waals surface area contributed by atoms with Crippen molar-refractivity contribution in [2.24, 2.45) is 15.9 Å². The summed E-state index contributed by atoms with van der Waals surface area (Å²) in [5.74, 6) is -0.524. The van der Waals surface area contributed by atoms with Gasteiger partial charge in [-0.1, -0.05) is 0 Å². The quantitative estimate of drug-likeness (QED) is 0.530. The lowest BCUT2D eigenvalue weighted by molar-refractivity contribution is -0.111. The van der Waals surface area contributed by atoms with Crippen molar-refractivity contribution in [1.82, 2.24) is 5.32 Å². The van der Waals surface area contributed by atoms with Crippen molar-refractivity contribution in [1.29, 1.82) is 0 Å². The fourth-order valence-corrected chi connectivity index (χ4v) is 1.24. The zero-order valence-corrected chi connectivity index (χ0v) is 6.37. The first kappa shape index (κ1) is 7.02. The van der Waals surface area contributed by atoms with Crippen LogP contribution in [0.2, 0.25) is 0 Å². The Labute approximate surface area is 69.0 Å². The molecule has 0 aliphatic carbocycles. The number of hydrogen-bond donors (Lipinski definition) is 2. The van der Waals surface area contributed by atoms with Gasteiger partial charge in [-0.2, -0.15) is 5.10 Å². The van der Waals surface area contributed by atoms with Gasteiger partial charge < -0.3 is 11.1 Å². The van der Waals surface area contributed by atoms with Crippen LogP contribution >= 0.6 is 0 Å². The summed E-state index contributed by atoms with van der Waals surface area (Å²) in [5, 5.41) is 10.6. The lowest BCUT2D eigenvalue weighted by Crippen LogP contribution is -2.30. The lowest BCUT2D eigenvalue weighted by atomic mass is 10.0. The van der Waals surface area contributed by atoms with E-state index in [4.69, 9.17) is 5.73 Å². The van der Waals surface area contributed by atoms with Crippen LogP contribution in [0.5, 0.6) is 0 Å². The Morgan fingerprint density at radius 3 is 3.17 bits per heavy atom. The molecule has 0 radical (unpaired) electrons. The average Bonchev–Trinajstić information content (AvgIpc) is 2.47. The summed E-state index contributed by atoms with van der Waals surface area (Å²) in [6.45, 7) is 0.837. The number of amides is 1. The van der Waals surface area contributed by atoms with Crippen LogP contribution < -0.4 is 11.1 Å². The van der Waals surface area contributed by atoms with Crippen molar-refractivity contribution in [2.45, 2.75) is 6.42 Å². The molecule has 0 aromatic carbocycles. The maximum atomic E-state index is 10.8. The van der Waals surface area contributed by atoms with Gasteiger partial charge in [0.15, 0.2) is 5.71 Å². The van der Waals surface area contributed by atoms with E-state index in [1.165, 1.54) is 0 Å². The van der Waals surface area contributed by atoms with E-state index >= 15 is 0 Å². The molecular formula is C7H8N4O. The topological polar surface area (TPSA) is 79.8 Å². The molecule has 0 atom stereocenters. The first-order valence-corrected chi connectivity index (χ1v) is 3.67. The molecule has 0 saturated carbocycles. The van der Waals surface area contributed by atoms with Crippen LogP contribution in [-0.2, 0) is 4.79 Å². The highest BCUT2D eigenvalue weighted by Crippen LogP contribution is 2.14. The number of carbonyl (C=O) groups is 1. The highest BCUT2D eigenvalue weighted by atomic mass is 16.1. The second kappa shape index (κ2) is 2.44. The lowest BCUT2D eigenvalue weighted by Gasteiger charge is -2.10. The standard InChI is InChI=1S/C7H8N4O/c8-7(12)6-4-3-9-2-1-5(4)10-11-6/h3,9H,1-2H2,(H2,8,12). The van der Waals surface area contributed by atoms with Gasteiger partial charge in [0.25, 0.3) is 5.91 Å². The van der Waals surface area contributed by atoms with Crippen LogP contribution in [-0.4, -0.2) is 23.9 Å². The van der Waals surface area contributed by atoms with Crippen molar-refractivity contribution in [3.63, 3.8) is 0 Å². The number of carbonyl (C=O) groups excluding carboxylic acids is 1. The summed E-state index contributed by atoms with van der Waals surface area (Å²) in [7, 11) is 0. The second-order valence-electron chi connectivity index (χ2n) is 2.62. The Hall–Kier alpha value is -1.65. The molecule has 0 aromatic heterocycles. The molecule has 12 heavy (non-hydrogen) atoms. The molecule has 1 amide bonds. The summed E-state index contributed by atoms with van der Waals surface area (Å²) >= 11 is 0. The van der Waals surface area contributed by atoms with Gasteiger partial charge in [-0.15, -0.1) is 5.10 Å². The summed E-state index contributed by atoms with van der Waals surface area (Å²) < 4.78 is 0. The van der Waals surface area contributed by atoms with Gasteiger partial charge in [-0.3, -0.25) is 4.79 Å². The third-order valence-electron chi connectivity index (χ3n) is 1.82. The normalized spacial score (nSPS) is 20.2. The number of fused-ring (bicyclic) bond motifs is 1. The van der Waals surface area contributed by atoms with E-state index in [1.54, 1.807) is 6.20 Å². The number of rotatable bonds is 1. The molecule has 2 aliphatic rings. The van der Waals surface area contributed by atoms with Gasteiger partial charge in [0.05, 0.1) is 5.71 Å². The minimum atomic E-state index is -0.524. The molecule has 0 spiro atoms. The fraction of sp³-hybridized carbons (Fsp3) is 0.286. The van der Waals surface area contributed by atoms with Gasteiger partial charge in [-0.25, -0.2) is 0 Å². The van der Waals surface area contributed by atoms with Gasteiger partial charge >= 0.3 is 0 Å². The summed E-state index contributed by atoms with van der Waals surface area (Å²) in [6.07, 6.45) is 2.53. The molecule has 5 heteroatoms. The van der Waals surface area contributed by atoms with E-state index in [2.05, 4.69) is 15.5 Å². The van der Waals surface area contributed by atoms with Crippen molar-refractivity contribution in [3.8, 4) is 0 Å². The summed E-state index contributed by atoms with van der Waals surface area (Å²) in [6, 6.07) is 0. The van der Waals surface area contributed by atoms with Crippen molar-refractivity contribution < 1.29 is 4.79 Å². The van der Waals surface area contributed by atoms with Gasteiger partial charge in [0.1, 0.15) is 0 Å². The third-order valence-corrected chi connectivity index (χ3v) is 1.82. The molecule has 0 bridgehead atoms. The summed E-state index contributed by atoms with van der Waals surface area (Å²) in [4.78, 5) is 10.8. The molecule has 0 fully saturated rings. The van der Waals surface area contributed by atoms with Crippen LogP contribution in [0.3, 0.4) is 0 Å². The average molecular weight is 164 g/mol. The third kappa shape index (κ3) is 0.903. The first-order valence-electron chi connectivity index (χ1n) is 3.67. The SMILES string of the molecule is NC(=O)C1=NN=C2CCNC=C21. The summed E-state index contributed by atoms with van der Waals surface area (Å²) in [5.41, 5.74) is 6.95. The molecule has 2 heterocycles. The van der Waals surface area contributed by atoms with Crippen LogP contribution in [0.25, 0.3) is 0 Å². The second-order valence-corrected chi connectivity index (χ2v) is 2.62. The van der Waals surface area contributed by atoms with Gasteiger partial charge in [-0.05, 0) is 0 Å². The molecule has 2 aliphatic heterocycles. The molecule has 0 saturated heterocycles. The minimum Gasteiger partial charge on any atom is -0.390 e. The molecular weight excluding hydrogens is 156 g/mol. The Kier molecular flexibility index (Phi) is 1.43. The Bertz CT molecular complexity index is 326. The van der Waals surface area contributed by atoms with Crippen LogP contribution in [0.1, 0.15) is 6.42 Å². The Balaban J connectivity index is 2.35. The number of nitrogens with one attached hydrogen (secondary N) is 1. The molecule has 0 aromatic rings. The van der Waals surface area contributed by atoms with Crippen LogP contribution in [0, 0.1) is 0 Å². The van der Waals surface area contributed by atoms with Crippen molar-refractivity contribution in [3.05, 3.63) is 11.8 Å². The fourth-order valence-electron chi connectivity index (χ4n) is 1.24.